The van der Waals surface area contributed by atoms with Gasteiger partial charge < -0.3 is 15.7 Å². The van der Waals surface area contributed by atoms with E-state index in [-0.39, 0.29) is 5.54 Å². The molecule has 0 atom stereocenters. The van der Waals surface area contributed by atoms with Crippen LogP contribution in [0.4, 0.5) is 4.79 Å². The molecular weight excluding hydrogens is 192 g/mol. The van der Waals surface area contributed by atoms with Crippen LogP contribution in [0.2, 0.25) is 0 Å². The van der Waals surface area contributed by atoms with E-state index in [2.05, 4.69) is 31.4 Å². The number of hydrogen-bond acceptors (Lipinski definition) is 2. The molecule has 4 heteroatoms. The van der Waals surface area contributed by atoms with E-state index in [9.17, 15) is 4.79 Å². The van der Waals surface area contributed by atoms with E-state index in [0.717, 1.165) is 32.2 Å². The molecule has 0 aromatic rings. The number of carbonyl (C=O) groups is 1. The zero-order chi connectivity index (χ0) is 11.7. The van der Waals surface area contributed by atoms with Crippen molar-refractivity contribution in [2.24, 2.45) is 0 Å². The molecule has 0 spiro atoms. The molecule has 0 aromatic carbocycles. The lowest BCUT2D eigenvalue weighted by Gasteiger charge is -2.20. The first kappa shape index (κ1) is 14.2. The summed E-state index contributed by atoms with van der Waals surface area (Å²) in [6.07, 6.45) is 3.41. The average molecular weight is 216 g/mol. The fourth-order valence-corrected chi connectivity index (χ4v) is 1.26. The van der Waals surface area contributed by atoms with Gasteiger partial charge in [0.1, 0.15) is 0 Å². The number of hydrogen-bond donors (Lipinski definition) is 3. The summed E-state index contributed by atoms with van der Waals surface area (Å²) in [5.41, 5.74) is 0.199. The Morgan fingerprint density at radius 3 is 2.07 bits per heavy atom. The Morgan fingerprint density at radius 2 is 1.60 bits per heavy atom. The number of carboxylic acid groups (broad SMARTS) is 1. The van der Waals surface area contributed by atoms with Crippen molar-refractivity contribution in [1.82, 2.24) is 10.6 Å². The molecule has 0 aromatic heterocycles. The molecule has 0 aliphatic rings. The van der Waals surface area contributed by atoms with E-state index in [1.807, 2.05) is 0 Å². The zero-order valence-electron chi connectivity index (χ0n) is 10.1. The highest BCUT2D eigenvalue weighted by Gasteiger charge is 2.06. The largest absolute Gasteiger partial charge is 0.465 e. The van der Waals surface area contributed by atoms with E-state index in [0.29, 0.717) is 6.54 Å². The Balaban J connectivity index is 3.09. The summed E-state index contributed by atoms with van der Waals surface area (Å²) in [4.78, 5) is 10.1. The summed E-state index contributed by atoms with van der Waals surface area (Å²) >= 11 is 0. The van der Waals surface area contributed by atoms with E-state index < -0.39 is 6.09 Å². The highest BCUT2D eigenvalue weighted by atomic mass is 16.4. The van der Waals surface area contributed by atoms with Gasteiger partial charge in [0.2, 0.25) is 0 Å². The Kier molecular flexibility index (Phi) is 7.13. The molecule has 0 aliphatic heterocycles. The third-order valence-corrected chi connectivity index (χ3v) is 2.04. The van der Waals surface area contributed by atoms with Gasteiger partial charge in [-0.2, -0.15) is 0 Å². The summed E-state index contributed by atoms with van der Waals surface area (Å²) in [6.45, 7) is 8.08. The Labute approximate surface area is 92.4 Å². The third kappa shape index (κ3) is 13.2. The highest BCUT2D eigenvalue weighted by molar-refractivity contribution is 5.64. The highest BCUT2D eigenvalue weighted by Crippen LogP contribution is 2.01. The van der Waals surface area contributed by atoms with Crippen molar-refractivity contribution in [3.05, 3.63) is 0 Å². The Hall–Kier alpha value is -0.770. The summed E-state index contributed by atoms with van der Waals surface area (Å²) in [5, 5.41) is 14.1. The van der Waals surface area contributed by atoms with Gasteiger partial charge in [-0.3, -0.25) is 0 Å². The van der Waals surface area contributed by atoms with Crippen LogP contribution in [0.1, 0.15) is 46.5 Å². The molecule has 4 nitrogen and oxygen atoms in total. The number of nitrogens with one attached hydrogen (secondary N) is 2. The van der Waals surface area contributed by atoms with E-state index in [1.165, 1.54) is 0 Å². The standard InChI is InChI=1S/C11H24N2O2/c1-11(2,3)13-9-7-5-4-6-8-12-10(14)15/h12-13H,4-9H2,1-3H3,(H,14,15). The van der Waals surface area contributed by atoms with Crippen LogP contribution in [0.25, 0.3) is 0 Å². The topological polar surface area (TPSA) is 61.4 Å². The summed E-state index contributed by atoms with van der Waals surface area (Å²) in [6, 6.07) is 0. The minimum absolute atomic E-state index is 0.199. The summed E-state index contributed by atoms with van der Waals surface area (Å²) in [5.74, 6) is 0. The van der Waals surface area contributed by atoms with Crippen LogP contribution in [0.5, 0.6) is 0 Å². The normalized spacial score (nSPS) is 11.4. The van der Waals surface area contributed by atoms with Crippen molar-refractivity contribution >= 4 is 6.09 Å². The minimum Gasteiger partial charge on any atom is -0.465 e. The third-order valence-electron chi connectivity index (χ3n) is 2.04. The van der Waals surface area contributed by atoms with Crippen molar-refractivity contribution < 1.29 is 9.90 Å². The molecule has 0 saturated heterocycles. The Bertz CT molecular complexity index is 176. The van der Waals surface area contributed by atoms with Crippen LogP contribution >= 0.6 is 0 Å². The van der Waals surface area contributed by atoms with Gasteiger partial charge in [0.15, 0.2) is 0 Å². The molecule has 0 aliphatic carbocycles. The van der Waals surface area contributed by atoms with Crippen molar-refractivity contribution in [2.75, 3.05) is 13.1 Å². The second-order valence-electron chi connectivity index (χ2n) is 4.82. The van der Waals surface area contributed by atoms with E-state index >= 15 is 0 Å². The van der Waals surface area contributed by atoms with Gasteiger partial charge in [0.05, 0.1) is 0 Å². The lowest BCUT2D eigenvalue weighted by Crippen LogP contribution is -2.36. The molecule has 90 valence electrons. The molecule has 0 unspecified atom stereocenters. The van der Waals surface area contributed by atoms with Crippen LogP contribution in [-0.2, 0) is 0 Å². The quantitative estimate of drug-likeness (QED) is 0.572. The van der Waals surface area contributed by atoms with Crippen LogP contribution in [-0.4, -0.2) is 29.8 Å². The van der Waals surface area contributed by atoms with Crippen molar-refractivity contribution in [1.29, 1.82) is 0 Å². The first-order chi connectivity index (χ1) is 6.92. The second-order valence-corrected chi connectivity index (χ2v) is 4.82. The monoisotopic (exact) mass is 216 g/mol. The lowest BCUT2D eigenvalue weighted by atomic mass is 10.1. The van der Waals surface area contributed by atoms with Gasteiger partial charge in [0.25, 0.3) is 0 Å². The fourth-order valence-electron chi connectivity index (χ4n) is 1.26. The SMILES string of the molecule is CC(C)(C)NCCCCCCNC(=O)O. The van der Waals surface area contributed by atoms with Gasteiger partial charge in [-0.15, -0.1) is 0 Å². The van der Waals surface area contributed by atoms with Gasteiger partial charge >= 0.3 is 6.09 Å². The summed E-state index contributed by atoms with van der Waals surface area (Å²) in [7, 11) is 0. The molecule has 0 bridgehead atoms. The maximum absolute atomic E-state index is 10.1. The molecule has 0 saturated carbocycles. The van der Waals surface area contributed by atoms with Gasteiger partial charge in [-0.1, -0.05) is 12.8 Å². The maximum atomic E-state index is 10.1. The van der Waals surface area contributed by atoms with Gasteiger partial charge in [0, 0.05) is 12.1 Å². The number of rotatable bonds is 7. The zero-order valence-corrected chi connectivity index (χ0v) is 10.1. The number of amides is 1. The molecule has 1 amide bonds. The maximum Gasteiger partial charge on any atom is 0.404 e. The van der Waals surface area contributed by atoms with Crippen LogP contribution in [0, 0.1) is 0 Å². The van der Waals surface area contributed by atoms with Crippen molar-refractivity contribution in [3.63, 3.8) is 0 Å². The molecule has 15 heavy (non-hydrogen) atoms. The van der Waals surface area contributed by atoms with Crippen LogP contribution in [0.3, 0.4) is 0 Å². The first-order valence-electron chi connectivity index (χ1n) is 5.63. The number of unbranched alkanes of at least 4 members (excludes halogenated alkanes) is 3. The molecule has 0 rings (SSSR count). The van der Waals surface area contributed by atoms with Crippen molar-refractivity contribution in [3.8, 4) is 0 Å². The molecule has 0 heterocycles. The second kappa shape index (κ2) is 7.51. The van der Waals surface area contributed by atoms with E-state index in [4.69, 9.17) is 5.11 Å². The molecular formula is C11H24N2O2. The predicted molar refractivity (Wildman–Crippen MR) is 62.3 cm³/mol. The molecule has 0 radical (unpaired) electrons. The molecule has 3 N–H and O–H groups in total. The fraction of sp³-hybridized carbons (Fsp3) is 0.909. The van der Waals surface area contributed by atoms with Gasteiger partial charge in [-0.05, 0) is 40.2 Å². The van der Waals surface area contributed by atoms with Gasteiger partial charge in [-0.25, -0.2) is 4.79 Å². The van der Waals surface area contributed by atoms with E-state index in [1.54, 1.807) is 0 Å². The lowest BCUT2D eigenvalue weighted by molar-refractivity contribution is 0.194. The average Bonchev–Trinajstić information content (AvgIpc) is 2.07. The Morgan fingerprint density at radius 1 is 1.07 bits per heavy atom. The summed E-state index contributed by atoms with van der Waals surface area (Å²) < 4.78 is 0. The first-order valence-corrected chi connectivity index (χ1v) is 5.63. The predicted octanol–water partition coefficient (Wildman–Crippen LogP) is 2.20. The van der Waals surface area contributed by atoms with Crippen LogP contribution in [0.15, 0.2) is 0 Å². The molecule has 0 fully saturated rings. The minimum atomic E-state index is -0.926. The van der Waals surface area contributed by atoms with Crippen LogP contribution < -0.4 is 10.6 Å². The smallest absolute Gasteiger partial charge is 0.404 e. The van der Waals surface area contributed by atoms with Crippen molar-refractivity contribution in [2.45, 2.75) is 52.0 Å².